The molecule has 3 rings (SSSR count). The van der Waals surface area contributed by atoms with E-state index in [1.54, 1.807) is 12.1 Å². The van der Waals surface area contributed by atoms with Gasteiger partial charge in [-0.3, -0.25) is 4.79 Å². The van der Waals surface area contributed by atoms with E-state index >= 15 is 0 Å². The van der Waals surface area contributed by atoms with Gasteiger partial charge in [-0.15, -0.1) is 13.1 Å². The monoisotopic (exact) mass is 527 g/mol. The van der Waals surface area contributed by atoms with E-state index in [1.807, 2.05) is 13.8 Å². The van der Waals surface area contributed by atoms with Gasteiger partial charge in [-0.25, -0.2) is 14.4 Å². The van der Waals surface area contributed by atoms with Crippen LogP contribution in [0.2, 0.25) is 5.02 Å². The van der Waals surface area contributed by atoms with Gasteiger partial charge < -0.3 is 19.8 Å². The third kappa shape index (κ3) is 8.00. The lowest BCUT2D eigenvalue weighted by Crippen LogP contribution is -2.19. The Morgan fingerprint density at radius 3 is 2.61 bits per heavy atom. The predicted octanol–water partition coefficient (Wildman–Crippen LogP) is 5.78. The summed E-state index contributed by atoms with van der Waals surface area (Å²) in [6, 6.07) is 8.56. The fourth-order valence-corrected chi connectivity index (χ4v) is 3.42. The molecular weight excluding hydrogens is 504 g/mol. The van der Waals surface area contributed by atoms with Gasteiger partial charge in [0, 0.05) is 12.1 Å². The molecule has 0 spiro atoms. The number of H-pyrrole nitrogens is 1. The van der Waals surface area contributed by atoms with Crippen molar-refractivity contribution in [3.63, 3.8) is 0 Å². The lowest BCUT2D eigenvalue weighted by Gasteiger charge is -2.23. The zero-order valence-electron chi connectivity index (χ0n) is 19.5. The Balaban J connectivity index is 1.82. The SMILES string of the molecule is CC(C)C[N-]Cc1ccc(F)c(-c2nc(-c3cccc(OCCOCC(F)(F)F)n3)cc(=O)[nH]2)c1Cl. The van der Waals surface area contributed by atoms with Crippen LogP contribution in [-0.2, 0) is 11.3 Å². The van der Waals surface area contributed by atoms with Crippen molar-refractivity contribution in [2.45, 2.75) is 26.6 Å². The second kappa shape index (κ2) is 12.3. The number of aromatic amines is 1. The second-order valence-electron chi connectivity index (χ2n) is 8.21. The van der Waals surface area contributed by atoms with Crippen molar-refractivity contribution in [1.82, 2.24) is 15.0 Å². The maximum absolute atomic E-state index is 14.8. The van der Waals surface area contributed by atoms with E-state index in [4.69, 9.17) is 16.3 Å². The number of hydrogen-bond donors (Lipinski definition) is 1. The van der Waals surface area contributed by atoms with Crippen LogP contribution in [0.25, 0.3) is 28.1 Å². The van der Waals surface area contributed by atoms with Crippen molar-refractivity contribution >= 4 is 11.6 Å². The molecule has 1 aromatic carbocycles. The number of rotatable bonds is 11. The Morgan fingerprint density at radius 2 is 1.89 bits per heavy atom. The molecule has 0 amide bonds. The third-order valence-corrected chi connectivity index (χ3v) is 5.09. The first-order chi connectivity index (χ1) is 17.0. The molecule has 0 fully saturated rings. The molecule has 12 heteroatoms. The zero-order valence-corrected chi connectivity index (χ0v) is 20.3. The number of alkyl halides is 3. The number of nitrogens with zero attached hydrogens (tertiary/aromatic N) is 3. The first-order valence-corrected chi connectivity index (χ1v) is 11.4. The summed E-state index contributed by atoms with van der Waals surface area (Å²) in [6.07, 6.45) is -4.42. The highest BCUT2D eigenvalue weighted by molar-refractivity contribution is 6.34. The van der Waals surface area contributed by atoms with E-state index in [-0.39, 0.29) is 53.4 Å². The molecule has 0 atom stereocenters. The van der Waals surface area contributed by atoms with Crippen molar-refractivity contribution in [1.29, 1.82) is 0 Å². The summed E-state index contributed by atoms with van der Waals surface area (Å²) in [5.74, 6) is -0.307. The van der Waals surface area contributed by atoms with Crippen LogP contribution in [0.4, 0.5) is 17.6 Å². The molecule has 36 heavy (non-hydrogen) atoms. The minimum absolute atomic E-state index is 0.0675. The van der Waals surface area contributed by atoms with Crippen molar-refractivity contribution in [3.8, 4) is 28.7 Å². The van der Waals surface area contributed by atoms with Crippen molar-refractivity contribution in [2.75, 3.05) is 26.4 Å². The Hall–Kier alpha value is -3.02. The Labute approximate surface area is 209 Å². The number of ether oxygens (including phenoxy) is 2. The van der Waals surface area contributed by atoms with Crippen LogP contribution in [0.1, 0.15) is 19.4 Å². The average molecular weight is 528 g/mol. The standard InChI is InChI=1S/C24H24ClF4N4O3/c1-14(2)11-30-12-15-6-7-16(26)21(22(15)25)23-32-18(10-19(34)33-23)17-4-3-5-20(31-17)36-9-8-35-13-24(27,28)29/h3-7,10,14H,8-9,11-13H2,1-2H3,(H,32,33,34)/q-1. The van der Waals surface area contributed by atoms with E-state index in [2.05, 4.69) is 25.0 Å². The van der Waals surface area contributed by atoms with Crippen molar-refractivity contribution < 1.29 is 27.0 Å². The lowest BCUT2D eigenvalue weighted by atomic mass is 10.1. The van der Waals surface area contributed by atoms with Crippen LogP contribution in [0.15, 0.2) is 41.2 Å². The molecule has 0 saturated heterocycles. The minimum Gasteiger partial charge on any atom is -0.658 e. The summed E-state index contributed by atoms with van der Waals surface area (Å²) in [4.78, 5) is 23.5. The lowest BCUT2D eigenvalue weighted by molar-refractivity contribution is -0.175. The number of pyridine rings is 1. The molecule has 0 bridgehead atoms. The third-order valence-electron chi connectivity index (χ3n) is 4.66. The number of halogens is 5. The normalized spacial score (nSPS) is 11.8. The summed E-state index contributed by atoms with van der Waals surface area (Å²) >= 11 is 6.47. The Morgan fingerprint density at radius 1 is 1.11 bits per heavy atom. The smallest absolute Gasteiger partial charge is 0.411 e. The van der Waals surface area contributed by atoms with Gasteiger partial charge in [0.25, 0.3) is 5.56 Å². The van der Waals surface area contributed by atoms with Crippen LogP contribution < -0.4 is 10.3 Å². The molecule has 0 unspecified atom stereocenters. The highest BCUT2D eigenvalue weighted by Gasteiger charge is 2.27. The van der Waals surface area contributed by atoms with E-state index in [0.29, 0.717) is 18.0 Å². The van der Waals surface area contributed by atoms with E-state index in [9.17, 15) is 22.4 Å². The highest BCUT2D eigenvalue weighted by atomic mass is 35.5. The molecule has 194 valence electrons. The maximum atomic E-state index is 14.8. The van der Waals surface area contributed by atoms with Gasteiger partial charge in [0.2, 0.25) is 5.88 Å². The van der Waals surface area contributed by atoms with Gasteiger partial charge >= 0.3 is 6.18 Å². The van der Waals surface area contributed by atoms with E-state index in [0.717, 1.165) is 0 Å². The van der Waals surface area contributed by atoms with Crippen LogP contribution in [0, 0.1) is 11.7 Å². The molecule has 2 aromatic heterocycles. The first-order valence-electron chi connectivity index (χ1n) is 11.0. The van der Waals surface area contributed by atoms with Crippen molar-refractivity contribution in [2.24, 2.45) is 5.92 Å². The molecule has 0 radical (unpaired) electrons. The summed E-state index contributed by atoms with van der Waals surface area (Å²) in [5.41, 5.74) is 0.313. The quantitative estimate of drug-likeness (QED) is 0.252. The molecule has 3 aromatic rings. The largest absolute Gasteiger partial charge is 0.658 e. The average Bonchev–Trinajstić information content (AvgIpc) is 2.79. The zero-order chi connectivity index (χ0) is 26.3. The fraction of sp³-hybridized carbons (Fsp3) is 0.375. The van der Waals surface area contributed by atoms with Gasteiger partial charge in [0.15, 0.2) is 0 Å². The number of aromatic nitrogens is 3. The Bertz CT molecular complexity index is 1230. The molecule has 0 aliphatic rings. The molecule has 0 saturated carbocycles. The summed E-state index contributed by atoms with van der Waals surface area (Å²) in [6.45, 7) is 3.10. The van der Waals surface area contributed by atoms with Gasteiger partial charge in [0.1, 0.15) is 24.9 Å². The first kappa shape index (κ1) is 27.6. The molecule has 2 heterocycles. The van der Waals surface area contributed by atoms with Gasteiger partial charge in [-0.05, 0) is 17.7 Å². The Kier molecular flexibility index (Phi) is 9.41. The summed E-state index contributed by atoms with van der Waals surface area (Å²) in [7, 11) is 0. The fourth-order valence-electron chi connectivity index (χ4n) is 3.12. The summed E-state index contributed by atoms with van der Waals surface area (Å²) in [5, 5.41) is 4.51. The van der Waals surface area contributed by atoms with Crippen LogP contribution in [0.3, 0.4) is 0 Å². The number of nitrogens with one attached hydrogen (secondary N) is 1. The van der Waals surface area contributed by atoms with Gasteiger partial charge in [-0.1, -0.05) is 43.5 Å². The predicted molar refractivity (Wildman–Crippen MR) is 128 cm³/mol. The van der Waals surface area contributed by atoms with E-state index < -0.39 is 24.2 Å². The van der Waals surface area contributed by atoms with Gasteiger partial charge in [0.05, 0.1) is 28.6 Å². The molecule has 0 aliphatic carbocycles. The van der Waals surface area contributed by atoms with Crippen molar-refractivity contribution in [3.05, 3.63) is 68.5 Å². The molecule has 7 nitrogen and oxygen atoms in total. The molecular formula is C24H24ClF4N4O3-. The van der Waals surface area contributed by atoms with Gasteiger partial charge in [-0.2, -0.15) is 13.2 Å². The number of hydrogen-bond acceptors (Lipinski definition) is 5. The van der Waals surface area contributed by atoms with Crippen LogP contribution >= 0.6 is 11.6 Å². The van der Waals surface area contributed by atoms with Crippen LogP contribution in [-0.4, -0.2) is 47.5 Å². The second-order valence-corrected chi connectivity index (χ2v) is 8.59. The van der Waals surface area contributed by atoms with E-state index in [1.165, 1.54) is 24.3 Å². The topological polar surface area (TPSA) is 91.2 Å². The van der Waals surface area contributed by atoms with Crippen LogP contribution in [0.5, 0.6) is 5.88 Å². The highest BCUT2D eigenvalue weighted by Crippen LogP contribution is 2.33. The number of benzene rings is 1. The molecule has 0 aliphatic heterocycles. The maximum Gasteiger partial charge on any atom is 0.411 e. The summed E-state index contributed by atoms with van der Waals surface area (Å²) < 4.78 is 61.0. The minimum atomic E-state index is -4.42. The molecule has 1 N–H and O–H groups in total.